The van der Waals surface area contributed by atoms with Crippen molar-refractivity contribution in [1.29, 1.82) is 0 Å². The zero-order chi connectivity index (χ0) is 20.2. The standard InChI is InChI=1S/C26H40NO/c1-5-6-7-8-10-15-23(2)25-18-13-14-19-26(25)28-21-20-27(3,4)22-24-16-11-9-12-17-24/h9,11-14,16-19,23H,5-8,10,15,20-22H2,1-4H3/q+1. The Kier molecular flexibility index (Phi) is 9.57. The van der Waals surface area contributed by atoms with Crippen molar-refractivity contribution in [3.8, 4) is 5.75 Å². The van der Waals surface area contributed by atoms with Gasteiger partial charge in [-0.2, -0.15) is 0 Å². The van der Waals surface area contributed by atoms with Crippen LogP contribution in [-0.4, -0.2) is 31.7 Å². The van der Waals surface area contributed by atoms with Crippen LogP contribution in [0, 0.1) is 0 Å². The maximum absolute atomic E-state index is 6.26. The maximum atomic E-state index is 6.26. The molecule has 1 unspecified atom stereocenters. The van der Waals surface area contributed by atoms with Gasteiger partial charge in [-0.1, -0.05) is 94.5 Å². The minimum absolute atomic E-state index is 0.560. The van der Waals surface area contributed by atoms with Crippen LogP contribution < -0.4 is 4.74 Å². The predicted molar refractivity (Wildman–Crippen MR) is 121 cm³/mol. The van der Waals surface area contributed by atoms with Crippen molar-refractivity contribution in [2.45, 2.75) is 64.8 Å². The van der Waals surface area contributed by atoms with Crippen LogP contribution in [0.15, 0.2) is 54.6 Å². The average Bonchev–Trinajstić information content (AvgIpc) is 2.68. The summed E-state index contributed by atoms with van der Waals surface area (Å²) in [5.74, 6) is 1.63. The Balaban J connectivity index is 1.83. The number of hydrogen-bond donors (Lipinski definition) is 0. The number of ether oxygens (including phenoxy) is 1. The summed E-state index contributed by atoms with van der Waals surface area (Å²) in [5, 5.41) is 0. The third-order valence-electron chi connectivity index (χ3n) is 5.60. The number of hydrogen-bond acceptors (Lipinski definition) is 1. The number of quaternary nitrogens is 1. The lowest BCUT2D eigenvalue weighted by molar-refractivity contribution is -0.903. The monoisotopic (exact) mass is 382 g/mol. The molecule has 0 saturated heterocycles. The normalized spacial score (nSPS) is 12.7. The molecular weight excluding hydrogens is 342 g/mol. The first-order chi connectivity index (χ1) is 13.5. The van der Waals surface area contributed by atoms with E-state index in [4.69, 9.17) is 4.74 Å². The summed E-state index contributed by atoms with van der Waals surface area (Å²) in [6, 6.07) is 19.3. The molecule has 2 aromatic rings. The molecule has 0 spiro atoms. The van der Waals surface area contributed by atoms with Gasteiger partial charge in [0.25, 0.3) is 0 Å². The number of benzene rings is 2. The highest BCUT2D eigenvalue weighted by Crippen LogP contribution is 2.30. The molecule has 0 fully saturated rings. The molecule has 2 heteroatoms. The van der Waals surface area contributed by atoms with Crippen LogP contribution in [0.5, 0.6) is 5.75 Å². The number of para-hydroxylation sites is 1. The Morgan fingerprint density at radius 3 is 2.29 bits per heavy atom. The quantitative estimate of drug-likeness (QED) is 0.273. The lowest BCUT2D eigenvalue weighted by Crippen LogP contribution is -2.42. The Morgan fingerprint density at radius 2 is 1.54 bits per heavy atom. The van der Waals surface area contributed by atoms with Crippen LogP contribution >= 0.6 is 0 Å². The molecule has 2 rings (SSSR count). The van der Waals surface area contributed by atoms with Gasteiger partial charge in [0, 0.05) is 5.56 Å². The minimum Gasteiger partial charge on any atom is -0.487 e. The van der Waals surface area contributed by atoms with Crippen LogP contribution in [0.4, 0.5) is 0 Å². The lowest BCUT2D eigenvalue weighted by Gasteiger charge is -2.30. The molecule has 0 aromatic heterocycles. The summed E-state index contributed by atoms with van der Waals surface area (Å²) in [4.78, 5) is 0. The molecule has 0 bridgehead atoms. The molecular formula is C26H40NO+. The first-order valence-electron chi connectivity index (χ1n) is 11.1. The van der Waals surface area contributed by atoms with E-state index in [-0.39, 0.29) is 0 Å². The van der Waals surface area contributed by atoms with Gasteiger partial charge in [-0.05, 0) is 24.0 Å². The highest BCUT2D eigenvalue weighted by Gasteiger charge is 2.17. The Morgan fingerprint density at radius 1 is 0.857 bits per heavy atom. The second kappa shape index (κ2) is 11.9. The molecule has 0 N–H and O–H groups in total. The van der Waals surface area contributed by atoms with Crippen molar-refractivity contribution < 1.29 is 9.22 Å². The highest BCUT2D eigenvalue weighted by atomic mass is 16.5. The molecule has 154 valence electrons. The van der Waals surface area contributed by atoms with E-state index in [0.717, 1.165) is 29.9 Å². The summed E-state index contributed by atoms with van der Waals surface area (Å²) in [6.07, 6.45) is 7.97. The zero-order valence-corrected chi connectivity index (χ0v) is 18.5. The van der Waals surface area contributed by atoms with Crippen LogP contribution in [0.3, 0.4) is 0 Å². The summed E-state index contributed by atoms with van der Waals surface area (Å²) in [6.45, 7) is 7.39. The lowest BCUT2D eigenvalue weighted by atomic mass is 9.94. The molecule has 1 atom stereocenters. The highest BCUT2D eigenvalue weighted by molar-refractivity contribution is 5.35. The second-order valence-electron chi connectivity index (χ2n) is 8.79. The molecule has 0 aliphatic heterocycles. The van der Waals surface area contributed by atoms with E-state index in [1.165, 1.54) is 49.7 Å². The van der Waals surface area contributed by atoms with Gasteiger partial charge in [0.1, 0.15) is 25.4 Å². The van der Waals surface area contributed by atoms with Crippen LogP contribution in [0.25, 0.3) is 0 Å². The van der Waals surface area contributed by atoms with E-state index in [1.54, 1.807) is 0 Å². The second-order valence-corrected chi connectivity index (χ2v) is 8.79. The van der Waals surface area contributed by atoms with Gasteiger partial charge in [-0.15, -0.1) is 0 Å². The van der Waals surface area contributed by atoms with Gasteiger partial charge >= 0.3 is 0 Å². The van der Waals surface area contributed by atoms with E-state index >= 15 is 0 Å². The fourth-order valence-electron chi connectivity index (χ4n) is 3.79. The van der Waals surface area contributed by atoms with Crippen molar-refractivity contribution in [1.82, 2.24) is 0 Å². The van der Waals surface area contributed by atoms with Crippen molar-refractivity contribution in [2.24, 2.45) is 0 Å². The number of likely N-dealkylation sites (N-methyl/N-ethyl adjacent to an activating group) is 1. The molecule has 0 aliphatic rings. The van der Waals surface area contributed by atoms with E-state index in [2.05, 4.69) is 82.5 Å². The predicted octanol–water partition coefficient (Wildman–Crippen LogP) is 6.81. The molecule has 0 radical (unpaired) electrons. The van der Waals surface area contributed by atoms with Crippen molar-refractivity contribution in [2.75, 3.05) is 27.2 Å². The van der Waals surface area contributed by atoms with E-state index in [9.17, 15) is 0 Å². The van der Waals surface area contributed by atoms with Crippen molar-refractivity contribution in [3.05, 3.63) is 65.7 Å². The molecule has 0 aliphatic carbocycles. The van der Waals surface area contributed by atoms with Crippen molar-refractivity contribution >= 4 is 0 Å². The summed E-state index contributed by atoms with van der Waals surface area (Å²) in [5.41, 5.74) is 2.75. The summed E-state index contributed by atoms with van der Waals surface area (Å²) in [7, 11) is 4.56. The van der Waals surface area contributed by atoms with Gasteiger partial charge in [0.15, 0.2) is 0 Å². The number of nitrogens with zero attached hydrogens (tertiary/aromatic N) is 1. The number of rotatable bonds is 13. The fraction of sp³-hybridized carbons (Fsp3) is 0.538. The zero-order valence-electron chi connectivity index (χ0n) is 18.5. The first kappa shape index (κ1) is 22.5. The summed E-state index contributed by atoms with van der Waals surface area (Å²) >= 11 is 0. The number of unbranched alkanes of at least 4 members (excludes halogenated alkanes) is 4. The Labute approximate surface area is 173 Å². The van der Waals surface area contributed by atoms with Gasteiger partial charge in [-0.3, -0.25) is 0 Å². The largest absolute Gasteiger partial charge is 0.487 e. The van der Waals surface area contributed by atoms with Gasteiger partial charge in [0.05, 0.1) is 14.1 Å². The first-order valence-corrected chi connectivity index (χ1v) is 11.1. The van der Waals surface area contributed by atoms with Gasteiger partial charge in [0.2, 0.25) is 0 Å². The molecule has 2 nitrogen and oxygen atoms in total. The smallest absolute Gasteiger partial charge is 0.137 e. The van der Waals surface area contributed by atoms with Crippen LogP contribution in [0.1, 0.15) is 69.4 Å². The SMILES string of the molecule is CCCCCCCC(C)c1ccccc1OCC[N+](C)(C)Cc1ccccc1. The van der Waals surface area contributed by atoms with Crippen LogP contribution in [0.2, 0.25) is 0 Å². The Hall–Kier alpha value is -1.80. The minimum atomic E-state index is 0.560. The molecule has 0 amide bonds. The third kappa shape index (κ3) is 8.06. The molecule has 0 heterocycles. The van der Waals surface area contributed by atoms with Crippen LogP contribution in [-0.2, 0) is 6.54 Å². The molecule has 28 heavy (non-hydrogen) atoms. The van der Waals surface area contributed by atoms with Crippen molar-refractivity contribution in [3.63, 3.8) is 0 Å². The van der Waals surface area contributed by atoms with E-state index in [1.807, 2.05) is 0 Å². The average molecular weight is 383 g/mol. The van der Waals surface area contributed by atoms with Gasteiger partial charge in [-0.25, -0.2) is 0 Å². The molecule has 2 aromatic carbocycles. The fourth-order valence-corrected chi connectivity index (χ4v) is 3.79. The molecule has 0 saturated carbocycles. The van der Waals surface area contributed by atoms with Gasteiger partial charge < -0.3 is 9.22 Å². The van der Waals surface area contributed by atoms with E-state index < -0.39 is 0 Å². The third-order valence-corrected chi connectivity index (χ3v) is 5.60. The topological polar surface area (TPSA) is 9.23 Å². The maximum Gasteiger partial charge on any atom is 0.137 e. The summed E-state index contributed by atoms with van der Waals surface area (Å²) < 4.78 is 7.19. The van der Waals surface area contributed by atoms with E-state index in [0.29, 0.717) is 5.92 Å². The Bertz CT molecular complexity index is 665.